The van der Waals surface area contributed by atoms with E-state index in [1.54, 1.807) is 0 Å². The number of benzene rings is 2. The standard InChI is InChI=1S/C20H22N2O4/c23-19(21-12-11-16-7-3-1-4-8-16)18-15-26-20(24)22(18)13-14-25-17-9-5-2-6-10-17/h1-10,18H,11-15H2,(H,21,23)/t18-/m0/s1. The van der Waals surface area contributed by atoms with E-state index in [4.69, 9.17) is 9.47 Å². The summed E-state index contributed by atoms with van der Waals surface area (Å²) in [5.41, 5.74) is 1.15. The molecule has 1 saturated heterocycles. The largest absolute Gasteiger partial charge is 0.492 e. The van der Waals surface area contributed by atoms with Crippen molar-refractivity contribution in [3.8, 4) is 5.75 Å². The normalized spacial score (nSPS) is 16.2. The molecule has 0 radical (unpaired) electrons. The molecule has 26 heavy (non-hydrogen) atoms. The molecule has 0 bridgehead atoms. The van der Waals surface area contributed by atoms with Crippen LogP contribution in [0.25, 0.3) is 0 Å². The summed E-state index contributed by atoms with van der Waals surface area (Å²) in [5.74, 6) is 0.524. The van der Waals surface area contributed by atoms with Crippen molar-refractivity contribution in [1.82, 2.24) is 10.2 Å². The molecule has 1 fully saturated rings. The number of carbonyl (C=O) groups is 2. The molecule has 0 saturated carbocycles. The number of nitrogens with zero attached hydrogens (tertiary/aromatic N) is 1. The molecular formula is C20H22N2O4. The van der Waals surface area contributed by atoms with Crippen molar-refractivity contribution < 1.29 is 19.1 Å². The van der Waals surface area contributed by atoms with Crippen LogP contribution in [0, 0.1) is 0 Å². The van der Waals surface area contributed by atoms with Crippen molar-refractivity contribution in [2.45, 2.75) is 12.5 Å². The summed E-state index contributed by atoms with van der Waals surface area (Å²) in [4.78, 5) is 25.7. The van der Waals surface area contributed by atoms with E-state index < -0.39 is 12.1 Å². The van der Waals surface area contributed by atoms with Crippen LogP contribution in [0.15, 0.2) is 60.7 Å². The molecule has 0 aliphatic carbocycles. The third-order valence-electron chi connectivity index (χ3n) is 4.18. The molecular weight excluding hydrogens is 332 g/mol. The predicted molar refractivity (Wildman–Crippen MR) is 96.9 cm³/mol. The fourth-order valence-corrected chi connectivity index (χ4v) is 2.79. The van der Waals surface area contributed by atoms with Crippen LogP contribution in [0.4, 0.5) is 4.79 Å². The Labute approximate surface area is 152 Å². The predicted octanol–water partition coefficient (Wildman–Crippen LogP) is 2.25. The van der Waals surface area contributed by atoms with E-state index in [-0.39, 0.29) is 12.5 Å². The second-order valence-corrected chi connectivity index (χ2v) is 5.97. The molecule has 1 aliphatic heterocycles. The molecule has 1 aliphatic rings. The Bertz CT molecular complexity index is 721. The summed E-state index contributed by atoms with van der Waals surface area (Å²) >= 11 is 0. The second kappa shape index (κ2) is 8.89. The maximum absolute atomic E-state index is 12.4. The number of cyclic esters (lactones) is 1. The molecule has 1 heterocycles. The van der Waals surface area contributed by atoms with E-state index >= 15 is 0 Å². The summed E-state index contributed by atoms with van der Waals surface area (Å²) in [6, 6.07) is 18.7. The lowest BCUT2D eigenvalue weighted by Gasteiger charge is -2.20. The van der Waals surface area contributed by atoms with Crippen LogP contribution in [0.3, 0.4) is 0 Å². The highest BCUT2D eigenvalue weighted by Gasteiger charge is 2.37. The van der Waals surface area contributed by atoms with Gasteiger partial charge in [0.05, 0.1) is 6.54 Å². The first kappa shape index (κ1) is 17.8. The zero-order chi connectivity index (χ0) is 18.2. The first-order valence-corrected chi connectivity index (χ1v) is 8.67. The zero-order valence-electron chi connectivity index (χ0n) is 14.5. The van der Waals surface area contributed by atoms with Gasteiger partial charge in [0.1, 0.15) is 25.0 Å². The molecule has 6 nitrogen and oxygen atoms in total. The van der Waals surface area contributed by atoms with E-state index in [1.165, 1.54) is 4.90 Å². The van der Waals surface area contributed by atoms with Gasteiger partial charge in [-0.15, -0.1) is 0 Å². The monoisotopic (exact) mass is 354 g/mol. The first-order valence-electron chi connectivity index (χ1n) is 8.67. The van der Waals surface area contributed by atoms with Crippen molar-refractivity contribution >= 4 is 12.0 Å². The Balaban J connectivity index is 1.46. The fourth-order valence-electron chi connectivity index (χ4n) is 2.79. The maximum Gasteiger partial charge on any atom is 0.410 e. The van der Waals surface area contributed by atoms with Crippen LogP contribution in [-0.4, -0.2) is 49.2 Å². The highest BCUT2D eigenvalue weighted by molar-refractivity contribution is 5.87. The third-order valence-corrected chi connectivity index (χ3v) is 4.18. The number of ether oxygens (including phenoxy) is 2. The van der Waals surface area contributed by atoms with E-state index in [2.05, 4.69) is 5.32 Å². The van der Waals surface area contributed by atoms with Crippen molar-refractivity contribution in [1.29, 1.82) is 0 Å². The maximum atomic E-state index is 12.4. The number of hydrogen-bond acceptors (Lipinski definition) is 4. The SMILES string of the molecule is O=C(NCCc1ccccc1)[C@@H]1COC(=O)N1CCOc1ccccc1. The molecule has 2 aromatic carbocycles. The average Bonchev–Trinajstić information content (AvgIpc) is 3.04. The third kappa shape index (κ3) is 4.75. The lowest BCUT2D eigenvalue weighted by molar-refractivity contribution is -0.124. The molecule has 0 aromatic heterocycles. The van der Waals surface area contributed by atoms with E-state index in [9.17, 15) is 9.59 Å². The first-order chi connectivity index (χ1) is 12.7. The molecule has 0 spiro atoms. The lowest BCUT2D eigenvalue weighted by atomic mass is 10.1. The van der Waals surface area contributed by atoms with Gasteiger partial charge >= 0.3 is 6.09 Å². The number of hydrogen-bond donors (Lipinski definition) is 1. The smallest absolute Gasteiger partial charge is 0.410 e. The highest BCUT2D eigenvalue weighted by Crippen LogP contribution is 2.14. The molecule has 1 N–H and O–H groups in total. The topological polar surface area (TPSA) is 67.9 Å². The van der Waals surface area contributed by atoms with Gasteiger partial charge in [0, 0.05) is 6.54 Å². The number of amides is 2. The molecule has 2 aromatic rings. The summed E-state index contributed by atoms with van der Waals surface area (Å²) < 4.78 is 10.6. The van der Waals surface area contributed by atoms with Crippen LogP contribution < -0.4 is 10.1 Å². The Hall–Kier alpha value is -3.02. The molecule has 2 amide bonds. The molecule has 1 atom stereocenters. The Morgan fingerprint density at radius 1 is 1.12 bits per heavy atom. The molecule has 3 rings (SSSR count). The Morgan fingerprint density at radius 2 is 1.81 bits per heavy atom. The Kier molecular flexibility index (Phi) is 6.09. The number of para-hydroxylation sites is 1. The molecule has 136 valence electrons. The zero-order valence-corrected chi connectivity index (χ0v) is 14.5. The Morgan fingerprint density at radius 3 is 2.54 bits per heavy atom. The summed E-state index contributed by atoms with van der Waals surface area (Å²) in [6.07, 6.45) is 0.260. The van der Waals surface area contributed by atoms with Crippen molar-refractivity contribution in [3.05, 3.63) is 66.2 Å². The second-order valence-electron chi connectivity index (χ2n) is 5.97. The van der Waals surface area contributed by atoms with Gasteiger partial charge in [-0.1, -0.05) is 48.5 Å². The van der Waals surface area contributed by atoms with Crippen LogP contribution in [0.2, 0.25) is 0 Å². The minimum Gasteiger partial charge on any atom is -0.492 e. The minimum atomic E-state index is -0.613. The van der Waals surface area contributed by atoms with Gasteiger partial charge in [0.25, 0.3) is 0 Å². The number of nitrogens with one attached hydrogen (secondary N) is 1. The van der Waals surface area contributed by atoms with Crippen molar-refractivity contribution in [2.24, 2.45) is 0 Å². The fraction of sp³-hybridized carbons (Fsp3) is 0.300. The van der Waals surface area contributed by atoms with Gasteiger partial charge < -0.3 is 14.8 Å². The van der Waals surface area contributed by atoms with Gasteiger partial charge in [0.2, 0.25) is 5.91 Å². The van der Waals surface area contributed by atoms with Gasteiger partial charge in [-0.05, 0) is 24.1 Å². The van der Waals surface area contributed by atoms with E-state index in [0.717, 1.165) is 17.7 Å². The summed E-state index contributed by atoms with van der Waals surface area (Å²) in [6.45, 7) is 1.18. The van der Waals surface area contributed by atoms with Crippen LogP contribution in [0.5, 0.6) is 5.75 Å². The number of rotatable bonds is 8. The average molecular weight is 354 g/mol. The van der Waals surface area contributed by atoms with Gasteiger partial charge in [0.15, 0.2) is 0 Å². The quantitative estimate of drug-likeness (QED) is 0.789. The van der Waals surface area contributed by atoms with Crippen molar-refractivity contribution in [3.63, 3.8) is 0 Å². The molecule has 0 unspecified atom stereocenters. The summed E-state index contributed by atoms with van der Waals surface area (Å²) in [5, 5.41) is 2.88. The lowest BCUT2D eigenvalue weighted by Crippen LogP contribution is -2.47. The summed E-state index contributed by atoms with van der Waals surface area (Å²) in [7, 11) is 0. The minimum absolute atomic E-state index is 0.0708. The van der Waals surface area contributed by atoms with Crippen molar-refractivity contribution in [2.75, 3.05) is 26.3 Å². The van der Waals surface area contributed by atoms with Gasteiger partial charge in [-0.3, -0.25) is 9.69 Å². The molecule has 6 heteroatoms. The van der Waals surface area contributed by atoms with Gasteiger partial charge in [-0.25, -0.2) is 4.79 Å². The van der Waals surface area contributed by atoms with Crippen LogP contribution >= 0.6 is 0 Å². The highest BCUT2D eigenvalue weighted by atomic mass is 16.6. The van der Waals surface area contributed by atoms with E-state index in [1.807, 2.05) is 60.7 Å². The van der Waals surface area contributed by atoms with Crippen LogP contribution in [-0.2, 0) is 16.0 Å². The number of carbonyl (C=O) groups excluding carboxylic acids is 2. The van der Waals surface area contributed by atoms with E-state index in [0.29, 0.717) is 19.7 Å². The van der Waals surface area contributed by atoms with Crippen LogP contribution in [0.1, 0.15) is 5.56 Å². The van der Waals surface area contributed by atoms with Gasteiger partial charge in [-0.2, -0.15) is 0 Å².